The number of anilines is 2. The van der Waals surface area contributed by atoms with E-state index in [2.05, 4.69) is 86.0 Å². The molecule has 0 heterocycles. The lowest BCUT2D eigenvalue weighted by atomic mass is 9.94. The van der Waals surface area contributed by atoms with Gasteiger partial charge in [-0.05, 0) is 79.1 Å². The van der Waals surface area contributed by atoms with Crippen LogP contribution in [0.25, 0.3) is 11.1 Å². The standard InChI is InChI=1S/C36H36N2O2/c1-5-37(6-2)29-21-17-26(18-22-29)33(27-19-23-30(24-20-27)38(7-3)8-4)25-13-15-28(16-14-25)34-35(39)31-11-9-10-12-32(31)36(34)40/h9-24H,5-8H2,1-4H3. The Morgan fingerprint density at radius 1 is 0.525 bits per heavy atom. The molecule has 0 aliphatic heterocycles. The summed E-state index contributed by atoms with van der Waals surface area (Å²) in [6.45, 7) is 12.5. The highest BCUT2D eigenvalue weighted by Gasteiger charge is 2.32. The van der Waals surface area contributed by atoms with Crippen molar-refractivity contribution in [2.45, 2.75) is 27.7 Å². The number of hydrogen-bond acceptors (Lipinski definition) is 4. The molecule has 0 fully saturated rings. The van der Waals surface area contributed by atoms with Crippen LogP contribution in [0.3, 0.4) is 0 Å². The molecule has 1 aliphatic carbocycles. The second-order valence-electron chi connectivity index (χ2n) is 9.97. The zero-order chi connectivity index (χ0) is 28.2. The molecule has 0 spiro atoms. The molecule has 0 saturated carbocycles. The Bertz CT molecular complexity index is 1540. The van der Waals surface area contributed by atoms with Gasteiger partial charge in [0.05, 0.1) is 5.57 Å². The summed E-state index contributed by atoms with van der Waals surface area (Å²) < 4.78 is 0. The van der Waals surface area contributed by atoms with Crippen LogP contribution in [-0.2, 0) is 0 Å². The van der Waals surface area contributed by atoms with E-state index in [0.717, 1.165) is 48.1 Å². The number of carbonyl (C=O) groups is 2. The Morgan fingerprint density at radius 2 is 0.925 bits per heavy atom. The molecule has 0 radical (unpaired) electrons. The molecule has 0 unspecified atom stereocenters. The fourth-order valence-electron chi connectivity index (χ4n) is 5.67. The molecule has 0 saturated heterocycles. The first-order chi connectivity index (χ1) is 19.5. The third-order valence-electron chi connectivity index (χ3n) is 7.90. The van der Waals surface area contributed by atoms with Crippen LogP contribution in [0.5, 0.6) is 0 Å². The SMILES string of the molecule is CCN(CC)c1ccc(C(c2ccc(N(CC)CC)cc2)=c2ccc(=C3C(=O)c4ccccc4C3=O)cc2)cc1. The number of fused-ring (bicyclic) bond motifs is 1. The maximum Gasteiger partial charge on any atom is 0.198 e. The predicted molar refractivity (Wildman–Crippen MR) is 166 cm³/mol. The Morgan fingerprint density at radius 3 is 1.30 bits per heavy atom. The minimum absolute atomic E-state index is 0.198. The molecule has 0 bridgehead atoms. The van der Waals surface area contributed by atoms with Crippen molar-refractivity contribution in [3.05, 3.63) is 130 Å². The lowest BCUT2D eigenvalue weighted by molar-refractivity contribution is 0.102. The summed E-state index contributed by atoms with van der Waals surface area (Å²) in [5.41, 5.74) is 6.98. The van der Waals surface area contributed by atoms with Crippen LogP contribution in [0.2, 0.25) is 0 Å². The minimum atomic E-state index is -0.198. The van der Waals surface area contributed by atoms with Crippen LogP contribution in [0.4, 0.5) is 11.4 Å². The van der Waals surface area contributed by atoms with Gasteiger partial charge in [-0.15, -0.1) is 0 Å². The van der Waals surface area contributed by atoms with Gasteiger partial charge in [-0.1, -0.05) is 72.8 Å². The number of carbonyl (C=O) groups excluding carboxylic acids is 2. The summed E-state index contributed by atoms with van der Waals surface area (Å²) in [6, 6.07) is 32.4. The van der Waals surface area contributed by atoms with Crippen LogP contribution < -0.4 is 20.2 Å². The summed E-state index contributed by atoms with van der Waals surface area (Å²) in [7, 11) is 0. The van der Waals surface area contributed by atoms with Crippen molar-refractivity contribution in [2.24, 2.45) is 0 Å². The van der Waals surface area contributed by atoms with Crippen molar-refractivity contribution in [3.8, 4) is 0 Å². The fraction of sp³-hybridized carbons (Fsp3) is 0.222. The van der Waals surface area contributed by atoms with Gasteiger partial charge in [0.1, 0.15) is 0 Å². The van der Waals surface area contributed by atoms with Crippen LogP contribution in [0.1, 0.15) is 59.5 Å². The Hall–Kier alpha value is -4.44. The number of rotatable bonds is 8. The predicted octanol–water partition coefficient (Wildman–Crippen LogP) is 5.86. The topological polar surface area (TPSA) is 40.6 Å². The largest absolute Gasteiger partial charge is 0.372 e. The number of benzene rings is 4. The molecule has 4 aromatic carbocycles. The summed E-state index contributed by atoms with van der Waals surface area (Å²) in [5, 5.41) is 1.69. The molecule has 0 N–H and O–H groups in total. The third kappa shape index (κ3) is 4.98. The fourth-order valence-corrected chi connectivity index (χ4v) is 5.67. The monoisotopic (exact) mass is 528 g/mol. The summed E-state index contributed by atoms with van der Waals surface area (Å²) in [6.07, 6.45) is 0. The van der Waals surface area contributed by atoms with Gasteiger partial charge in [0.15, 0.2) is 11.6 Å². The molecule has 40 heavy (non-hydrogen) atoms. The number of nitrogens with zero attached hydrogens (tertiary/aromatic N) is 2. The van der Waals surface area contributed by atoms with Gasteiger partial charge in [-0.2, -0.15) is 0 Å². The van der Waals surface area contributed by atoms with Crippen LogP contribution >= 0.6 is 0 Å². The van der Waals surface area contributed by atoms with E-state index in [9.17, 15) is 9.59 Å². The van der Waals surface area contributed by atoms with Crippen LogP contribution in [-0.4, -0.2) is 37.7 Å². The molecule has 0 amide bonds. The Labute approximate surface area is 236 Å². The second kappa shape index (κ2) is 11.7. The first-order valence-electron chi connectivity index (χ1n) is 14.2. The summed E-state index contributed by atoms with van der Waals surface area (Å²) >= 11 is 0. The molecule has 0 aromatic heterocycles. The maximum absolute atomic E-state index is 13.1. The zero-order valence-electron chi connectivity index (χ0n) is 23.8. The molecule has 4 heteroatoms. The van der Waals surface area contributed by atoms with E-state index in [-0.39, 0.29) is 17.1 Å². The molecule has 0 atom stereocenters. The molecular weight excluding hydrogens is 492 g/mol. The van der Waals surface area contributed by atoms with E-state index >= 15 is 0 Å². The molecule has 1 aliphatic rings. The molecule has 5 rings (SSSR count). The van der Waals surface area contributed by atoms with Crippen molar-refractivity contribution in [1.29, 1.82) is 0 Å². The molecular formula is C36H36N2O2. The van der Waals surface area contributed by atoms with Gasteiger partial charge in [0.2, 0.25) is 0 Å². The average molecular weight is 529 g/mol. The van der Waals surface area contributed by atoms with E-state index < -0.39 is 0 Å². The normalized spacial score (nSPS) is 12.4. The van der Waals surface area contributed by atoms with E-state index in [1.165, 1.54) is 11.4 Å². The first kappa shape index (κ1) is 27.1. The third-order valence-corrected chi connectivity index (χ3v) is 7.90. The molecule has 4 aromatic rings. The van der Waals surface area contributed by atoms with Gasteiger partial charge in [-0.25, -0.2) is 0 Å². The van der Waals surface area contributed by atoms with Crippen molar-refractivity contribution in [3.63, 3.8) is 0 Å². The van der Waals surface area contributed by atoms with Gasteiger partial charge in [0.25, 0.3) is 0 Å². The van der Waals surface area contributed by atoms with Crippen molar-refractivity contribution in [1.82, 2.24) is 0 Å². The summed E-state index contributed by atoms with van der Waals surface area (Å²) in [4.78, 5) is 30.8. The number of Topliss-reactive ketones (excluding diaryl/α,β-unsaturated/α-hetero) is 2. The minimum Gasteiger partial charge on any atom is -0.372 e. The van der Waals surface area contributed by atoms with Crippen LogP contribution in [0.15, 0.2) is 97.1 Å². The lowest BCUT2D eigenvalue weighted by Crippen LogP contribution is -2.22. The van der Waals surface area contributed by atoms with Crippen molar-refractivity contribution < 1.29 is 9.59 Å². The highest BCUT2D eigenvalue weighted by Crippen LogP contribution is 2.27. The first-order valence-corrected chi connectivity index (χ1v) is 14.2. The van der Waals surface area contributed by atoms with Gasteiger partial charge in [-0.3, -0.25) is 9.59 Å². The summed E-state index contributed by atoms with van der Waals surface area (Å²) in [5.74, 6) is -0.395. The molecule has 202 valence electrons. The van der Waals surface area contributed by atoms with Gasteiger partial charge >= 0.3 is 0 Å². The average Bonchev–Trinajstić information content (AvgIpc) is 3.26. The van der Waals surface area contributed by atoms with Crippen molar-refractivity contribution in [2.75, 3.05) is 36.0 Å². The highest BCUT2D eigenvalue weighted by atomic mass is 16.2. The number of ketones is 2. The smallest absolute Gasteiger partial charge is 0.198 e. The second-order valence-corrected chi connectivity index (χ2v) is 9.97. The Balaban J connectivity index is 1.65. The number of hydrogen-bond donors (Lipinski definition) is 0. The molecule has 4 nitrogen and oxygen atoms in total. The van der Waals surface area contributed by atoms with Gasteiger partial charge in [0, 0.05) is 48.7 Å². The van der Waals surface area contributed by atoms with E-state index in [0.29, 0.717) is 16.3 Å². The Kier molecular flexibility index (Phi) is 7.97. The zero-order valence-corrected chi connectivity index (χ0v) is 23.8. The maximum atomic E-state index is 13.1. The highest BCUT2D eigenvalue weighted by molar-refractivity contribution is 6.55. The van der Waals surface area contributed by atoms with Crippen molar-refractivity contribution >= 4 is 34.1 Å². The quantitative estimate of drug-likeness (QED) is 0.287. The van der Waals surface area contributed by atoms with E-state index in [1.807, 2.05) is 24.3 Å². The lowest BCUT2D eigenvalue weighted by Gasteiger charge is -2.22. The van der Waals surface area contributed by atoms with E-state index in [4.69, 9.17) is 0 Å². The van der Waals surface area contributed by atoms with Gasteiger partial charge < -0.3 is 9.80 Å². The van der Waals surface area contributed by atoms with E-state index in [1.54, 1.807) is 24.3 Å². The van der Waals surface area contributed by atoms with Crippen LogP contribution in [0, 0.1) is 0 Å².